The number of aromatic nitrogens is 2. The molecular weight excluding hydrogens is 513 g/mol. The van der Waals surface area contributed by atoms with Crippen LogP contribution in [0.15, 0.2) is 94.2 Å². The minimum atomic E-state index is -3.79. The van der Waals surface area contributed by atoms with E-state index in [9.17, 15) is 13.2 Å². The molecule has 186 valence electrons. The molecule has 0 fully saturated rings. The Balaban J connectivity index is 1.49. The van der Waals surface area contributed by atoms with Crippen molar-refractivity contribution in [1.82, 2.24) is 10.2 Å². The summed E-state index contributed by atoms with van der Waals surface area (Å²) in [4.78, 5) is 12.9. The van der Waals surface area contributed by atoms with E-state index >= 15 is 0 Å². The molecule has 0 aliphatic carbocycles. The first-order chi connectivity index (χ1) is 17.3. The average Bonchev–Trinajstić information content (AvgIpc) is 3.34. The maximum Gasteiger partial charge on any atom is 0.264 e. The van der Waals surface area contributed by atoms with Crippen LogP contribution in [-0.2, 0) is 16.6 Å². The summed E-state index contributed by atoms with van der Waals surface area (Å²) in [6.45, 7) is 4.39. The number of anilines is 2. The quantitative estimate of drug-likeness (QED) is 0.199. The number of rotatable bonds is 10. The minimum absolute atomic E-state index is 0.121. The maximum atomic E-state index is 13.4. The van der Waals surface area contributed by atoms with Gasteiger partial charge in [-0.25, -0.2) is 8.42 Å². The van der Waals surface area contributed by atoms with Crippen LogP contribution in [0.4, 0.5) is 10.8 Å². The summed E-state index contributed by atoms with van der Waals surface area (Å²) < 4.78 is 29.1. The molecule has 4 rings (SSSR count). The van der Waals surface area contributed by atoms with E-state index < -0.39 is 10.0 Å². The highest BCUT2D eigenvalue weighted by molar-refractivity contribution is 8.01. The number of thioether (sulfide) groups is 1. The SMILES string of the molecule is CC(C)CSc1nnc(NC(=O)c2ccc(CN(c3ccccc3)S(=O)(=O)c3ccccc3)cc2)s1. The highest BCUT2D eigenvalue weighted by atomic mass is 32.2. The lowest BCUT2D eigenvalue weighted by atomic mass is 10.1. The number of hydrogen-bond donors (Lipinski definition) is 1. The third-order valence-corrected chi connectivity index (χ3v) is 9.27. The zero-order valence-corrected chi connectivity index (χ0v) is 22.3. The number of carbonyl (C=O) groups excluding carboxylic acids is 1. The summed E-state index contributed by atoms with van der Waals surface area (Å²) in [5.41, 5.74) is 1.76. The van der Waals surface area contributed by atoms with Gasteiger partial charge in [-0.2, -0.15) is 0 Å². The van der Waals surface area contributed by atoms with Crippen LogP contribution in [-0.4, -0.2) is 30.3 Å². The van der Waals surface area contributed by atoms with Crippen molar-refractivity contribution >= 4 is 49.8 Å². The standard InChI is InChI=1S/C26H26N4O3S3/c1-19(2)18-34-26-29-28-25(35-26)27-24(31)21-15-13-20(14-16-21)17-30(22-9-5-3-6-10-22)36(32,33)23-11-7-4-8-12-23/h3-16,19H,17-18H2,1-2H3,(H,27,28,31). The molecule has 0 unspecified atom stereocenters. The van der Waals surface area contributed by atoms with Crippen LogP contribution in [0.25, 0.3) is 0 Å². The second-order valence-electron chi connectivity index (χ2n) is 8.39. The Hall–Kier alpha value is -3.21. The Labute approximate surface area is 219 Å². The molecule has 0 atom stereocenters. The van der Waals surface area contributed by atoms with Gasteiger partial charge in [-0.05, 0) is 47.9 Å². The number of benzene rings is 3. The van der Waals surface area contributed by atoms with Crippen molar-refractivity contribution in [2.24, 2.45) is 5.92 Å². The van der Waals surface area contributed by atoms with Crippen LogP contribution in [0, 0.1) is 5.92 Å². The van der Waals surface area contributed by atoms with E-state index in [1.807, 2.05) is 6.07 Å². The fourth-order valence-corrected chi connectivity index (χ4v) is 6.48. The lowest BCUT2D eigenvalue weighted by Crippen LogP contribution is -2.30. The summed E-state index contributed by atoms with van der Waals surface area (Å²) in [6.07, 6.45) is 0. The molecule has 0 radical (unpaired) electrons. The van der Waals surface area contributed by atoms with Crippen molar-refractivity contribution < 1.29 is 13.2 Å². The first-order valence-electron chi connectivity index (χ1n) is 11.3. The first-order valence-corrected chi connectivity index (χ1v) is 14.6. The molecule has 7 nitrogen and oxygen atoms in total. The second-order valence-corrected chi connectivity index (χ2v) is 12.5. The Morgan fingerprint density at radius 1 is 0.944 bits per heavy atom. The molecule has 4 aromatic rings. The molecule has 3 aromatic carbocycles. The van der Waals surface area contributed by atoms with E-state index in [4.69, 9.17) is 0 Å². The molecule has 36 heavy (non-hydrogen) atoms. The van der Waals surface area contributed by atoms with E-state index in [2.05, 4.69) is 29.4 Å². The molecule has 0 spiro atoms. The van der Waals surface area contributed by atoms with Gasteiger partial charge in [-0.1, -0.05) is 85.5 Å². The van der Waals surface area contributed by atoms with Crippen molar-refractivity contribution in [2.75, 3.05) is 15.4 Å². The third-order valence-electron chi connectivity index (χ3n) is 5.08. The number of nitrogens with zero attached hydrogens (tertiary/aromatic N) is 3. The van der Waals surface area contributed by atoms with Crippen molar-refractivity contribution in [3.05, 3.63) is 96.1 Å². The number of nitrogens with one attached hydrogen (secondary N) is 1. The second kappa shape index (κ2) is 11.7. The fraction of sp³-hybridized carbons (Fsp3) is 0.192. The molecular formula is C26H26N4O3S3. The molecule has 0 saturated heterocycles. The smallest absolute Gasteiger partial charge is 0.264 e. The molecule has 0 aliphatic rings. The van der Waals surface area contributed by atoms with Crippen LogP contribution in [0.5, 0.6) is 0 Å². The largest absolute Gasteiger partial charge is 0.296 e. The van der Waals surface area contributed by atoms with Gasteiger partial charge in [0, 0.05) is 11.3 Å². The monoisotopic (exact) mass is 538 g/mol. The van der Waals surface area contributed by atoms with Crippen molar-refractivity contribution in [2.45, 2.75) is 29.6 Å². The lowest BCUT2D eigenvalue weighted by Gasteiger charge is -2.24. The highest BCUT2D eigenvalue weighted by Gasteiger charge is 2.25. The van der Waals surface area contributed by atoms with Crippen LogP contribution in [0.3, 0.4) is 0 Å². The Bertz CT molecular complexity index is 1390. The zero-order chi connectivity index (χ0) is 25.5. The number of sulfonamides is 1. The summed E-state index contributed by atoms with van der Waals surface area (Å²) >= 11 is 2.96. The number of hydrogen-bond acceptors (Lipinski definition) is 7. The molecule has 1 heterocycles. The number of para-hydroxylation sites is 1. The van der Waals surface area contributed by atoms with Gasteiger partial charge >= 0.3 is 0 Å². The van der Waals surface area contributed by atoms with Gasteiger partial charge in [0.1, 0.15) is 0 Å². The predicted octanol–water partition coefficient (Wildman–Crippen LogP) is 5.93. The van der Waals surface area contributed by atoms with Crippen molar-refractivity contribution in [3.63, 3.8) is 0 Å². The van der Waals surface area contributed by atoms with Crippen LogP contribution in [0.2, 0.25) is 0 Å². The molecule has 0 bridgehead atoms. The summed E-state index contributed by atoms with van der Waals surface area (Å²) in [5.74, 6) is 1.18. The van der Waals surface area contributed by atoms with Gasteiger partial charge in [0.2, 0.25) is 5.13 Å². The predicted molar refractivity (Wildman–Crippen MR) is 146 cm³/mol. The van der Waals surface area contributed by atoms with Crippen molar-refractivity contribution in [3.8, 4) is 0 Å². The number of carbonyl (C=O) groups is 1. The summed E-state index contributed by atoms with van der Waals surface area (Å²) in [5, 5.41) is 11.4. The molecule has 1 aromatic heterocycles. The lowest BCUT2D eigenvalue weighted by molar-refractivity contribution is 0.102. The summed E-state index contributed by atoms with van der Waals surface area (Å²) in [6, 6.07) is 24.2. The van der Waals surface area contributed by atoms with Gasteiger partial charge in [-0.15, -0.1) is 10.2 Å². The van der Waals surface area contributed by atoms with E-state index in [0.717, 1.165) is 15.7 Å². The fourth-order valence-electron chi connectivity index (χ4n) is 3.28. The molecule has 0 saturated carbocycles. The molecule has 1 amide bonds. The molecule has 0 aliphatic heterocycles. The van der Waals surface area contributed by atoms with Gasteiger partial charge < -0.3 is 0 Å². The van der Waals surface area contributed by atoms with Gasteiger partial charge in [0.05, 0.1) is 17.1 Å². The van der Waals surface area contributed by atoms with Gasteiger partial charge in [0.25, 0.3) is 15.9 Å². The molecule has 1 N–H and O–H groups in total. The molecule has 10 heteroatoms. The van der Waals surface area contributed by atoms with E-state index in [1.54, 1.807) is 90.6 Å². The average molecular weight is 539 g/mol. The third kappa shape index (κ3) is 6.51. The van der Waals surface area contributed by atoms with E-state index in [0.29, 0.717) is 22.3 Å². The highest BCUT2D eigenvalue weighted by Crippen LogP contribution is 2.28. The summed E-state index contributed by atoms with van der Waals surface area (Å²) in [7, 11) is -3.79. The normalized spacial score (nSPS) is 11.4. The first kappa shape index (κ1) is 25.9. The zero-order valence-electron chi connectivity index (χ0n) is 19.9. The topological polar surface area (TPSA) is 92.3 Å². The van der Waals surface area contributed by atoms with E-state index in [1.165, 1.54) is 15.6 Å². The Kier molecular flexibility index (Phi) is 8.40. The Morgan fingerprint density at radius 3 is 2.22 bits per heavy atom. The minimum Gasteiger partial charge on any atom is -0.296 e. The maximum absolute atomic E-state index is 13.4. The number of amides is 1. The Morgan fingerprint density at radius 2 is 1.58 bits per heavy atom. The van der Waals surface area contributed by atoms with Crippen molar-refractivity contribution in [1.29, 1.82) is 0 Å². The van der Waals surface area contributed by atoms with Gasteiger partial charge in [-0.3, -0.25) is 14.4 Å². The van der Waals surface area contributed by atoms with Crippen LogP contribution < -0.4 is 9.62 Å². The van der Waals surface area contributed by atoms with Crippen LogP contribution in [0.1, 0.15) is 29.8 Å². The van der Waals surface area contributed by atoms with E-state index in [-0.39, 0.29) is 17.3 Å². The van der Waals surface area contributed by atoms with Gasteiger partial charge in [0.15, 0.2) is 4.34 Å². The van der Waals surface area contributed by atoms with Crippen LogP contribution >= 0.6 is 23.1 Å².